The van der Waals surface area contributed by atoms with Crippen molar-refractivity contribution in [3.05, 3.63) is 47.5 Å². The Bertz CT molecular complexity index is 544. The van der Waals surface area contributed by atoms with Crippen molar-refractivity contribution in [2.75, 3.05) is 14.1 Å². The molecule has 0 saturated heterocycles. The molecule has 0 aliphatic rings. The zero-order valence-corrected chi connectivity index (χ0v) is 11.8. The first-order valence-corrected chi connectivity index (χ1v) is 6.59. The number of rotatable bonds is 5. The molecule has 4 heteroatoms. The molecular weight excluding hydrogens is 252 g/mol. The quantitative estimate of drug-likeness (QED) is 0.674. The standard InChI is InChI=1S/C16H20N2O2/c1-17-9-13-7-11(3-5-15(13)19)12-4-6-16(20)14(8-12)10-18-2/h3-8,17-20H,9-10H2,1-2H3. The lowest BCUT2D eigenvalue weighted by molar-refractivity contribution is 0.465. The van der Waals surface area contributed by atoms with Crippen LogP contribution >= 0.6 is 0 Å². The SMILES string of the molecule is CNCc1cc(-c2ccc(O)c(CNC)c2)ccc1O. The van der Waals surface area contributed by atoms with Crippen molar-refractivity contribution < 1.29 is 10.2 Å². The molecule has 0 aromatic heterocycles. The fraction of sp³-hybridized carbons (Fsp3) is 0.250. The predicted molar refractivity (Wildman–Crippen MR) is 80.7 cm³/mol. The van der Waals surface area contributed by atoms with Crippen molar-refractivity contribution in [3.63, 3.8) is 0 Å². The number of phenols is 2. The molecule has 0 aliphatic carbocycles. The third-order valence-electron chi connectivity index (χ3n) is 3.23. The first-order chi connectivity index (χ1) is 9.65. The van der Waals surface area contributed by atoms with Crippen LogP contribution in [0.1, 0.15) is 11.1 Å². The molecule has 0 saturated carbocycles. The van der Waals surface area contributed by atoms with Crippen LogP contribution in [0.15, 0.2) is 36.4 Å². The van der Waals surface area contributed by atoms with E-state index >= 15 is 0 Å². The molecule has 106 valence electrons. The molecule has 0 fully saturated rings. The highest BCUT2D eigenvalue weighted by Gasteiger charge is 2.07. The van der Waals surface area contributed by atoms with E-state index in [4.69, 9.17) is 0 Å². The van der Waals surface area contributed by atoms with E-state index in [1.165, 1.54) is 0 Å². The molecule has 0 heterocycles. The highest BCUT2D eigenvalue weighted by molar-refractivity contribution is 5.67. The van der Waals surface area contributed by atoms with Crippen molar-refractivity contribution in [1.29, 1.82) is 0 Å². The monoisotopic (exact) mass is 272 g/mol. The fourth-order valence-electron chi connectivity index (χ4n) is 2.19. The maximum absolute atomic E-state index is 9.81. The average molecular weight is 272 g/mol. The van der Waals surface area contributed by atoms with Crippen molar-refractivity contribution in [1.82, 2.24) is 10.6 Å². The second-order valence-corrected chi connectivity index (χ2v) is 4.75. The zero-order chi connectivity index (χ0) is 14.5. The van der Waals surface area contributed by atoms with Gasteiger partial charge < -0.3 is 20.8 Å². The van der Waals surface area contributed by atoms with Crippen LogP contribution in [0.25, 0.3) is 11.1 Å². The summed E-state index contributed by atoms with van der Waals surface area (Å²) in [6.45, 7) is 1.22. The van der Waals surface area contributed by atoms with Crippen molar-refractivity contribution >= 4 is 0 Å². The van der Waals surface area contributed by atoms with Gasteiger partial charge in [0.25, 0.3) is 0 Å². The first kappa shape index (κ1) is 14.4. The predicted octanol–water partition coefficient (Wildman–Crippen LogP) is 2.20. The topological polar surface area (TPSA) is 64.5 Å². The Balaban J connectivity index is 2.40. The van der Waals surface area contributed by atoms with Gasteiger partial charge >= 0.3 is 0 Å². The molecule has 4 nitrogen and oxygen atoms in total. The van der Waals surface area contributed by atoms with Crippen LogP contribution < -0.4 is 10.6 Å². The molecule has 20 heavy (non-hydrogen) atoms. The summed E-state index contributed by atoms with van der Waals surface area (Å²) in [5.41, 5.74) is 3.75. The lowest BCUT2D eigenvalue weighted by Gasteiger charge is -2.10. The van der Waals surface area contributed by atoms with E-state index in [0.29, 0.717) is 13.1 Å². The average Bonchev–Trinajstić information content (AvgIpc) is 2.44. The Morgan fingerprint density at radius 2 is 1.15 bits per heavy atom. The van der Waals surface area contributed by atoms with Crippen molar-refractivity contribution in [2.24, 2.45) is 0 Å². The molecule has 2 rings (SSSR count). The van der Waals surface area contributed by atoms with E-state index < -0.39 is 0 Å². The molecule has 2 aromatic rings. The van der Waals surface area contributed by atoms with Crippen LogP contribution in [0.3, 0.4) is 0 Å². The Morgan fingerprint density at radius 1 is 0.750 bits per heavy atom. The third kappa shape index (κ3) is 3.10. The van der Waals surface area contributed by atoms with Gasteiger partial charge in [0.05, 0.1) is 0 Å². The molecule has 0 aliphatic heterocycles. The number of phenolic OH excluding ortho intramolecular Hbond substituents is 2. The number of nitrogens with one attached hydrogen (secondary N) is 2. The summed E-state index contributed by atoms with van der Waals surface area (Å²) in [5.74, 6) is 0.578. The number of aromatic hydroxyl groups is 2. The Labute approximate surface area is 119 Å². The molecule has 4 N–H and O–H groups in total. The van der Waals surface area contributed by atoms with Crippen LogP contribution in [0, 0.1) is 0 Å². The van der Waals surface area contributed by atoms with Gasteiger partial charge in [-0.2, -0.15) is 0 Å². The summed E-state index contributed by atoms with van der Waals surface area (Å²) in [4.78, 5) is 0. The van der Waals surface area contributed by atoms with Crippen LogP contribution in [0.2, 0.25) is 0 Å². The first-order valence-electron chi connectivity index (χ1n) is 6.59. The van der Waals surface area contributed by atoms with Crippen LogP contribution in [0.5, 0.6) is 11.5 Å². The van der Waals surface area contributed by atoms with E-state index in [9.17, 15) is 10.2 Å². The lowest BCUT2D eigenvalue weighted by Crippen LogP contribution is -2.06. The molecule has 0 amide bonds. The number of hydrogen-bond acceptors (Lipinski definition) is 4. The maximum Gasteiger partial charge on any atom is 0.120 e. The van der Waals surface area contributed by atoms with Gasteiger partial charge in [-0.3, -0.25) is 0 Å². The van der Waals surface area contributed by atoms with Gasteiger partial charge in [-0.1, -0.05) is 12.1 Å². The second-order valence-electron chi connectivity index (χ2n) is 4.75. The minimum Gasteiger partial charge on any atom is -0.508 e. The number of hydrogen-bond donors (Lipinski definition) is 4. The Morgan fingerprint density at radius 3 is 1.50 bits per heavy atom. The van der Waals surface area contributed by atoms with Crippen LogP contribution in [-0.2, 0) is 13.1 Å². The van der Waals surface area contributed by atoms with Gasteiger partial charge in [0.2, 0.25) is 0 Å². The summed E-state index contributed by atoms with van der Waals surface area (Å²) in [5, 5.41) is 25.7. The minimum absolute atomic E-state index is 0.289. The van der Waals surface area contributed by atoms with E-state index in [0.717, 1.165) is 22.3 Å². The van der Waals surface area contributed by atoms with Crippen molar-refractivity contribution in [3.8, 4) is 22.6 Å². The summed E-state index contributed by atoms with van der Waals surface area (Å²) in [6.07, 6.45) is 0. The highest BCUT2D eigenvalue weighted by atomic mass is 16.3. The summed E-state index contributed by atoms with van der Waals surface area (Å²) >= 11 is 0. The van der Waals surface area contributed by atoms with Gasteiger partial charge in [0, 0.05) is 24.2 Å². The van der Waals surface area contributed by atoms with Crippen LogP contribution in [0.4, 0.5) is 0 Å². The Hall–Kier alpha value is -2.04. The molecule has 0 radical (unpaired) electrons. The van der Waals surface area contributed by atoms with Gasteiger partial charge in [0.15, 0.2) is 0 Å². The number of benzene rings is 2. The fourth-order valence-corrected chi connectivity index (χ4v) is 2.19. The molecule has 0 spiro atoms. The summed E-state index contributed by atoms with van der Waals surface area (Å²) in [6, 6.07) is 11.1. The second kappa shape index (κ2) is 6.41. The zero-order valence-electron chi connectivity index (χ0n) is 11.8. The molecular formula is C16H20N2O2. The van der Waals surface area contributed by atoms with E-state index in [1.807, 2.05) is 38.4 Å². The van der Waals surface area contributed by atoms with E-state index in [2.05, 4.69) is 10.6 Å². The third-order valence-corrected chi connectivity index (χ3v) is 3.23. The summed E-state index contributed by atoms with van der Waals surface area (Å²) in [7, 11) is 3.69. The largest absolute Gasteiger partial charge is 0.508 e. The van der Waals surface area contributed by atoms with Gasteiger partial charge in [-0.15, -0.1) is 0 Å². The smallest absolute Gasteiger partial charge is 0.120 e. The molecule has 0 bridgehead atoms. The molecule has 2 aromatic carbocycles. The maximum atomic E-state index is 9.81. The van der Waals surface area contributed by atoms with Crippen molar-refractivity contribution in [2.45, 2.75) is 13.1 Å². The lowest BCUT2D eigenvalue weighted by atomic mass is 10.00. The van der Waals surface area contributed by atoms with E-state index in [1.54, 1.807) is 12.1 Å². The van der Waals surface area contributed by atoms with Crippen LogP contribution in [-0.4, -0.2) is 24.3 Å². The van der Waals surface area contributed by atoms with Gasteiger partial charge in [-0.25, -0.2) is 0 Å². The van der Waals surface area contributed by atoms with E-state index in [-0.39, 0.29) is 11.5 Å². The summed E-state index contributed by atoms with van der Waals surface area (Å²) < 4.78 is 0. The van der Waals surface area contributed by atoms with Gasteiger partial charge in [0.1, 0.15) is 11.5 Å². The molecule has 0 unspecified atom stereocenters. The Kier molecular flexibility index (Phi) is 4.61. The van der Waals surface area contributed by atoms with Gasteiger partial charge in [-0.05, 0) is 49.5 Å². The normalized spacial score (nSPS) is 10.7. The minimum atomic E-state index is 0.289. The molecule has 0 atom stereocenters. The highest BCUT2D eigenvalue weighted by Crippen LogP contribution is 2.29.